The Kier molecular flexibility index (Phi) is 4.15. The normalized spacial score (nSPS) is 17.6. The number of pyridine rings is 1. The molecule has 1 aromatic heterocycles. The van der Waals surface area contributed by atoms with Gasteiger partial charge in [0, 0.05) is 24.8 Å². The zero-order valence-corrected chi connectivity index (χ0v) is 10.6. The van der Waals surface area contributed by atoms with Gasteiger partial charge in [-0.1, -0.05) is 6.07 Å². The molecule has 2 heterocycles. The molecule has 1 aliphatic heterocycles. The van der Waals surface area contributed by atoms with Gasteiger partial charge in [-0.25, -0.2) is 4.98 Å². The molecule has 0 bridgehead atoms. The van der Waals surface area contributed by atoms with Crippen LogP contribution in [0.5, 0.6) is 5.88 Å². The predicted molar refractivity (Wildman–Crippen MR) is 68.3 cm³/mol. The van der Waals surface area contributed by atoms with E-state index >= 15 is 0 Å². The summed E-state index contributed by atoms with van der Waals surface area (Å²) >= 11 is 0. The van der Waals surface area contributed by atoms with Gasteiger partial charge in [0.1, 0.15) is 6.10 Å². The maximum absolute atomic E-state index is 10.8. The van der Waals surface area contributed by atoms with Gasteiger partial charge in [-0.3, -0.25) is 9.69 Å². The number of primary amides is 1. The first kappa shape index (κ1) is 12.8. The zero-order valence-electron chi connectivity index (χ0n) is 10.6. The molecule has 0 saturated carbocycles. The van der Waals surface area contributed by atoms with E-state index in [-0.39, 0.29) is 12.0 Å². The SMILES string of the molecule is Cc1cccnc1OC1CCN(CC(N)=O)CC1. The van der Waals surface area contributed by atoms with Gasteiger partial charge in [-0.2, -0.15) is 0 Å². The molecule has 1 aromatic rings. The number of aryl methyl sites for hydroxylation is 1. The average molecular weight is 249 g/mol. The number of aromatic nitrogens is 1. The molecule has 0 radical (unpaired) electrons. The second kappa shape index (κ2) is 5.82. The summed E-state index contributed by atoms with van der Waals surface area (Å²) in [7, 11) is 0. The zero-order chi connectivity index (χ0) is 13.0. The van der Waals surface area contributed by atoms with Crippen LogP contribution in [0.2, 0.25) is 0 Å². The van der Waals surface area contributed by atoms with Crippen LogP contribution < -0.4 is 10.5 Å². The van der Waals surface area contributed by atoms with Crippen LogP contribution in [0.1, 0.15) is 18.4 Å². The van der Waals surface area contributed by atoms with E-state index in [0.717, 1.165) is 31.5 Å². The lowest BCUT2D eigenvalue weighted by atomic mass is 10.1. The van der Waals surface area contributed by atoms with Gasteiger partial charge < -0.3 is 10.5 Å². The van der Waals surface area contributed by atoms with E-state index in [1.54, 1.807) is 6.20 Å². The number of carbonyl (C=O) groups is 1. The van der Waals surface area contributed by atoms with Crippen molar-refractivity contribution in [1.29, 1.82) is 0 Å². The minimum absolute atomic E-state index is 0.183. The van der Waals surface area contributed by atoms with Crippen molar-refractivity contribution in [3.05, 3.63) is 23.9 Å². The van der Waals surface area contributed by atoms with Crippen molar-refractivity contribution in [2.75, 3.05) is 19.6 Å². The van der Waals surface area contributed by atoms with E-state index in [0.29, 0.717) is 12.4 Å². The van der Waals surface area contributed by atoms with Crippen molar-refractivity contribution >= 4 is 5.91 Å². The van der Waals surface area contributed by atoms with E-state index in [9.17, 15) is 4.79 Å². The Morgan fingerprint density at radius 1 is 1.56 bits per heavy atom. The number of piperidine rings is 1. The van der Waals surface area contributed by atoms with Crippen LogP contribution in [0.4, 0.5) is 0 Å². The molecule has 0 aromatic carbocycles. The topological polar surface area (TPSA) is 68.4 Å². The Hall–Kier alpha value is -1.62. The van der Waals surface area contributed by atoms with Gasteiger partial charge in [0.2, 0.25) is 11.8 Å². The fourth-order valence-electron chi connectivity index (χ4n) is 2.16. The summed E-state index contributed by atoms with van der Waals surface area (Å²) in [6.45, 7) is 4.03. The minimum Gasteiger partial charge on any atom is -0.474 e. The van der Waals surface area contributed by atoms with E-state index < -0.39 is 0 Å². The number of amides is 1. The number of nitrogens with two attached hydrogens (primary N) is 1. The lowest BCUT2D eigenvalue weighted by molar-refractivity contribution is -0.119. The monoisotopic (exact) mass is 249 g/mol. The Balaban J connectivity index is 1.84. The molecular weight excluding hydrogens is 230 g/mol. The smallest absolute Gasteiger partial charge is 0.231 e. The van der Waals surface area contributed by atoms with Gasteiger partial charge >= 0.3 is 0 Å². The van der Waals surface area contributed by atoms with E-state index in [2.05, 4.69) is 9.88 Å². The Bertz CT molecular complexity index is 414. The Labute approximate surface area is 107 Å². The highest BCUT2D eigenvalue weighted by atomic mass is 16.5. The molecule has 1 amide bonds. The van der Waals surface area contributed by atoms with Crippen LogP contribution >= 0.6 is 0 Å². The first-order valence-corrected chi connectivity index (χ1v) is 6.24. The van der Waals surface area contributed by atoms with Crippen LogP contribution in [-0.4, -0.2) is 41.5 Å². The predicted octanol–water partition coefficient (Wildman–Crippen LogP) is 0.719. The molecule has 18 heavy (non-hydrogen) atoms. The minimum atomic E-state index is -0.269. The molecule has 5 nitrogen and oxygen atoms in total. The number of hydrogen-bond donors (Lipinski definition) is 1. The summed E-state index contributed by atoms with van der Waals surface area (Å²) in [6.07, 6.45) is 3.74. The summed E-state index contributed by atoms with van der Waals surface area (Å²) in [4.78, 5) is 17.1. The molecule has 1 saturated heterocycles. The quantitative estimate of drug-likeness (QED) is 0.853. The van der Waals surface area contributed by atoms with E-state index in [4.69, 9.17) is 10.5 Å². The fraction of sp³-hybridized carbons (Fsp3) is 0.538. The molecule has 0 atom stereocenters. The van der Waals surface area contributed by atoms with Crippen molar-refractivity contribution in [2.24, 2.45) is 5.73 Å². The molecule has 2 N–H and O–H groups in total. The maximum atomic E-state index is 10.8. The van der Waals surface area contributed by atoms with E-state index in [1.165, 1.54) is 0 Å². The maximum Gasteiger partial charge on any atom is 0.231 e. The molecule has 98 valence electrons. The van der Waals surface area contributed by atoms with Gasteiger partial charge in [0.15, 0.2) is 0 Å². The van der Waals surface area contributed by atoms with Crippen molar-refractivity contribution in [2.45, 2.75) is 25.9 Å². The summed E-state index contributed by atoms with van der Waals surface area (Å²) in [5.74, 6) is 0.445. The van der Waals surface area contributed by atoms with Crippen LogP contribution in [0.3, 0.4) is 0 Å². The van der Waals surface area contributed by atoms with Gasteiger partial charge in [0.25, 0.3) is 0 Å². The second-order valence-electron chi connectivity index (χ2n) is 4.69. The van der Waals surface area contributed by atoms with Crippen molar-refractivity contribution in [3.63, 3.8) is 0 Å². The molecule has 0 spiro atoms. The first-order chi connectivity index (χ1) is 8.65. The van der Waals surface area contributed by atoms with Crippen molar-refractivity contribution in [3.8, 4) is 5.88 Å². The van der Waals surface area contributed by atoms with Gasteiger partial charge in [-0.05, 0) is 25.8 Å². The van der Waals surface area contributed by atoms with Crippen LogP contribution in [0, 0.1) is 6.92 Å². The average Bonchev–Trinajstić information content (AvgIpc) is 2.34. The molecule has 5 heteroatoms. The summed E-state index contributed by atoms with van der Waals surface area (Å²) in [5, 5.41) is 0. The summed E-state index contributed by atoms with van der Waals surface area (Å²) in [6, 6.07) is 3.89. The number of likely N-dealkylation sites (tertiary alicyclic amines) is 1. The highest BCUT2D eigenvalue weighted by molar-refractivity contribution is 5.75. The molecule has 1 fully saturated rings. The lowest BCUT2D eigenvalue weighted by Gasteiger charge is -2.31. The van der Waals surface area contributed by atoms with Crippen LogP contribution in [0.25, 0.3) is 0 Å². The van der Waals surface area contributed by atoms with Gasteiger partial charge in [0.05, 0.1) is 6.54 Å². The van der Waals surface area contributed by atoms with E-state index in [1.807, 2.05) is 19.1 Å². The van der Waals surface area contributed by atoms with Crippen molar-refractivity contribution < 1.29 is 9.53 Å². The fourth-order valence-corrected chi connectivity index (χ4v) is 2.16. The highest BCUT2D eigenvalue weighted by Gasteiger charge is 2.22. The lowest BCUT2D eigenvalue weighted by Crippen LogP contribution is -2.42. The molecule has 1 aliphatic rings. The molecule has 2 rings (SSSR count). The third kappa shape index (κ3) is 3.43. The molecule has 0 unspecified atom stereocenters. The van der Waals surface area contributed by atoms with Crippen LogP contribution in [0.15, 0.2) is 18.3 Å². The highest BCUT2D eigenvalue weighted by Crippen LogP contribution is 2.19. The Morgan fingerprint density at radius 3 is 2.89 bits per heavy atom. The van der Waals surface area contributed by atoms with Gasteiger partial charge in [-0.15, -0.1) is 0 Å². The third-order valence-corrected chi connectivity index (χ3v) is 3.15. The third-order valence-electron chi connectivity index (χ3n) is 3.15. The second-order valence-corrected chi connectivity index (χ2v) is 4.69. The number of ether oxygens (including phenoxy) is 1. The summed E-state index contributed by atoms with van der Waals surface area (Å²) < 4.78 is 5.89. The number of rotatable bonds is 4. The molecule has 0 aliphatic carbocycles. The number of carbonyl (C=O) groups excluding carboxylic acids is 1. The Morgan fingerprint density at radius 2 is 2.28 bits per heavy atom. The first-order valence-electron chi connectivity index (χ1n) is 6.24. The largest absolute Gasteiger partial charge is 0.474 e. The van der Waals surface area contributed by atoms with Crippen molar-refractivity contribution in [1.82, 2.24) is 9.88 Å². The van der Waals surface area contributed by atoms with Crippen LogP contribution in [-0.2, 0) is 4.79 Å². The standard InChI is InChI=1S/C13H19N3O2/c1-10-3-2-6-15-13(10)18-11-4-7-16(8-5-11)9-12(14)17/h2-3,6,11H,4-5,7-9H2,1H3,(H2,14,17). The number of nitrogens with zero attached hydrogens (tertiary/aromatic N) is 2. The molecular formula is C13H19N3O2. The number of hydrogen-bond acceptors (Lipinski definition) is 4. The summed E-state index contributed by atoms with van der Waals surface area (Å²) in [5.41, 5.74) is 6.23.